The Morgan fingerprint density at radius 2 is 0.892 bits per heavy atom. The standard InChI is InChI=1S/C33H24N4/c1-23-19-29(25-16-14-24(15-17-25)28-13-8-18-34-22-28)21-30(20-23)33-36-31(26-9-4-2-5-10-26)35-32(37-33)27-11-6-3-7-12-27/h2-22H,1H3. The van der Waals surface area contributed by atoms with E-state index < -0.39 is 0 Å². The largest absolute Gasteiger partial charge is 0.264 e. The Labute approximate surface area is 216 Å². The molecule has 0 bridgehead atoms. The third-order valence-electron chi connectivity index (χ3n) is 6.25. The molecule has 2 aromatic heterocycles. The van der Waals surface area contributed by atoms with Crippen molar-refractivity contribution in [3.8, 4) is 56.4 Å². The second kappa shape index (κ2) is 9.96. The molecule has 4 heteroatoms. The number of hydrogen-bond donors (Lipinski definition) is 0. The van der Waals surface area contributed by atoms with Crippen molar-refractivity contribution in [2.45, 2.75) is 6.92 Å². The molecule has 0 aliphatic heterocycles. The van der Waals surface area contributed by atoms with E-state index in [4.69, 9.17) is 15.0 Å². The molecular formula is C33H24N4. The van der Waals surface area contributed by atoms with Crippen LogP contribution in [-0.4, -0.2) is 19.9 Å². The Kier molecular flexibility index (Phi) is 6.05. The molecule has 176 valence electrons. The first kappa shape index (κ1) is 22.5. The van der Waals surface area contributed by atoms with E-state index in [1.807, 2.05) is 72.9 Å². The summed E-state index contributed by atoms with van der Waals surface area (Å²) in [5.41, 5.74) is 8.53. The lowest BCUT2D eigenvalue weighted by Gasteiger charge is -2.11. The first-order chi connectivity index (χ1) is 18.2. The highest BCUT2D eigenvalue weighted by molar-refractivity contribution is 5.75. The van der Waals surface area contributed by atoms with Crippen molar-refractivity contribution < 1.29 is 0 Å². The van der Waals surface area contributed by atoms with Crippen molar-refractivity contribution in [1.29, 1.82) is 0 Å². The van der Waals surface area contributed by atoms with Crippen LogP contribution in [0.4, 0.5) is 0 Å². The Bertz CT molecular complexity index is 1590. The summed E-state index contributed by atoms with van der Waals surface area (Å²) in [4.78, 5) is 18.9. The average Bonchev–Trinajstić information content (AvgIpc) is 2.98. The monoisotopic (exact) mass is 476 g/mol. The molecule has 0 fully saturated rings. The van der Waals surface area contributed by atoms with Crippen LogP contribution in [0.15, 0.2) is 128 Å². The maximum absolute atomic E-state index is 4.90. The minimum Gasteiger partial charge on any atom is -0.264 e. The second-order valence-electron chi connectivity index (χ2n) is 8.95. The van der Waals surface area contributed by atoms with E-state index in [9.17, 15) is 0 Å². The van der Waals surface area contributed by atoms with Crippen molar-refractivity contribution >= 4 is 0 Å². The van der Waals surface area contributed by atoms with Gasteiger partial charge in [-0.2, -0.15) is 0 Å². The van der Waals surface area contributed by atoms with E-state index in [1.54, 1.807) is 6.20 Å². The molecule has 0 N–H and O–H groups in total. The number of nitrogens with zero attached hydrogens (tertiary/aromatic N) is 4. The van der Waals surface area contributed by atoms with Gasteiger partial charge in [0.05, 0.1) is 0 Å². The van der Waals surface area contributed by atoms with Gasteiger partial charge in [0.1, 0.15) is 0 Å². The fourth-order valence-corrected chi connectivity index (χ4v) is 4.41. The topological polar surface area (TPSA) is 51.6 Å². The quantitative estimate of drug-likeness (QED) is 0.254. The maximum atomic E-state index is 4.90. The summed E-state index contributed by atoms with van der Waals surface area (Å²) in [6.45, 7) is 2.11. The molecule has 6 aromatic rings. The smallest absolute Gasteiger partial charge is 0.164 e. The number of rotatable bonds is 5. The number of pyridine rings is 1. The summed E-state index contributed by atoms with van der Waals surface area (Å²) in [5.74, 6) is 1.98. The molecule has 0 unspecified atom stereocenters. The molecule has 37 heavy (non-hydrogen) atoms. The number of aryl methyl sites for hydroxylation is 1. The van der Waals surface area contributed by atoms with E-state index in [-0.39, 0.29) is 0 Å². The van der Waals surface area contributed by atoms with Gasteiger partial charge in [-0.1, -0.05) is 97.1 Å². The lowest BCUT2D eigenvalue weighted by molar-refractivity contribution is 1.07. The van der Waals surface area contributed by atoms with E-state index >= 15 is 0 Å². The normalized spacial score (nSPS) is 10.8. The van der Waals surface area contributed by atoms with Crippen LogP contribution in [0.2, 0.25) is 0 Å². The molecule has 0 atom stereocenters. The highest BCUT2D eigenvalue weighted by atomic mass is 15.0. The van der Waals surface area contributed by atoms with Gasteiger partial charge in [0, 0.05) is 29.1 Å². The highest BCUT2D eigenvalue weighted by Crippen LogP contribution is 2.30. The molecule has 6 rings (SSSR count). The highest BCUT2D eigenvalue weighted by Gasteiger charge is 2.13. The molecule has 0 radical (unpaired) electrons. The average molecular weight is 477 g/mol. The van der Waals surface area contributed by atoms with Crippen LogP contribution in [0.1, 0.15) is 5.56 Å². The van der Waals surface area contributed by atoms with Crippen LogP contribution in [0.5, 0.6) is 0 Å². The van der Waals surface area contributed by atoms with Crippen LogP contribution < -0.4 is 0 Å². The second-order valence-corrected chi connectivity index (χ2v) is 8.95. The third-order valence-corrected chi connectivity index (χ3v) is 6.25. The summed E-state index contributed by atoms with van der Waals surface area (Å²) in [6, 6.07) is 39.2. The molecule has 0 amide bonds. The number of benzene rings is 4. The third kappa shape index (κ3) is 4.91. The SMILES string of the molecule is Cc1cc(-c2ccc(-c3cccnc3)cc2)cc(-c2nc(-c3ccccc3)nc(-c3ccccc3)n2)c1. The lowest BCUT2D eigenvalue weighted by Crippen LogP contribution is -2.00. The van der Waals surface area contributed by atoms with Crippen molar-refractivity contribution in [1.82, 2.24) is 19.9 Å². The molecule has 4 nitrogen and oxygen atoms in total. The lowest BCUT2D eigenvalue weighted by atomic mass is 9.97. The van der Waals surface area contributed by atoms with Gasteiger partial charge in [-0.25, -0.2) is 15.0 Å². The molecule has 0 spiro atoms. The predicted molar refractivity (Wildman–Crippen MR) is 150 cm³/mol. The predicted octanol–water partition coefficient (Wildman–Crippen LogP) is 7.91. The van der Waals surface area contributed by atoms with Gasteiger partial charge in [-0.15, -0.1) is 0 Å². The van der Waals surface area contributed by atoms with Gasteiger partial charge in [-0.3, -0.25) is 4.98 Å². The Hall–Kier alpha value is -4.96. The van der Waals surface area contributed by atoms with E-state index in [1.165, 1.54) is 0 Å². The van der Waals surface area contributed by atoms with E-state index in [0.29, 0.717) is 17.5 Å². The van der Waals surface area contributed by atoms with Crippen LogP contribution >= 0.6 is 0 Å². The van der Waals surface area contributed by atoms with Gasteiger partial charge in [-0.05, 0) is 52.9 Å². The number of hydrogen-bond acceptors (Lipinski definition) is 4. The fraction of sp³-hybridized carbons (Fsp3) is 0.0303. The Balaban J connectivity index is 1.44. The Morgan fingerprint density at radius 3 is 1.43 bits per heavy atom. The Morgan fingerprint density at radius 1 is 0.405 bits per heavy atom. The summed E-state index contributed by atoms with van der Waals surface area (Å²) in [6.07, 6.45) is 3.68. The van der Waals surface area contributed by atoms with Crippen molar-refractivity contribution in [3.05, 3.63) is 133 Å². The minimum atomic E-state index is 0.657. The van der Waals surface area contributed by atoms with Crippen LogP contribution in [0.3, 0.4) is 0 Å². The van der Waals surface area contributed by atoms with Crippen molar-refractivity contribution in [3.63, 3.8) is 0 Å². The molecule has 0 aliphatic carbocycles. The summed E-state index contributed by atoms with van der Waals surface area (Å²) >= 11 is 0. The zero-order valence-corrected chi connectivity index (χ0v) is 20.4. The first-order valence-electron chi connectivity index (χ1n) is 12.2. The van der Waals surface area contributed by atoms with Gasteiger partial charge in [0.25, 0.3) is 0 Å². The van der Waals surface area contributed by atoms with Gasteiger partial charge < -0.3 is 0 Å². The zero-order valence-electron chi connectivity index (χ0n) is 20.4. The maximum Gasteiger partial charge on any atom is 0.164 e. The summed E-state index contributed by atoms with van der Waals surface area (Å²) < 4.78 is 0. The minimum absolute atomic E-state index is 0.657. The van der Waals surface area contributed by atoms with Crippen molar-refractivity contribution in [2.75, 3.05) is 0 Å². The van der Waals surface area contributed by atoms with Crippen LogP contribution in [0, 0.1) is 6.92 Å². The molecule has 4 aromatic carbocycles. The van der Waals surface area contributed by atoms with E-state index in [0.717, 1.165) is 44.5 Å². The number of aromatic nitrogens is 4. The van der Waals surface area contributed by atoms with Gasteiger partial charge in [0.15, 0.2) is 17.5 Å². The first-order valence-corrected chi connectivity index (χ1v) is 12.2. The van der Waals surface area contributed by atoms with Gasteiger partial charge >= 0.3 is 0 Å². The molecule has 0 saturated carbocycles. The van der Waals surface area contributed by atoms with Crippen LogP contribution in [0.25, 0.3) is 56.4 Å². The molecular weight excluding hydrogens is 452 g/mol. The summed E-state index contributed by atoms with van der Waals surface area (Å²) in [7, 11) is 0. The van der Waals surface area contributed by atoms with Crippen molar-refractivity contribution in [2.24, 2.45) is 0 Å². The van der Waals surface area contributed by atoms with Crippen LogP contribution in [-0.2, 0) is 0 Å². The molecule has 2 heterocycles. The fourth-order valence-electron chi connectivity index (χ4n) is 4.41. The summed E-state index contributed by atoms with van der Waals surface area (Å²) in [5, 5.41) is 0. The van der Waals surface area contributed by atoms with E-state index in [2.05, 4.69) is 60.4 Å². The molecule has 0 saturated heterocycles. The molecule has 0 aliphatic rings. The van der Waals surface area contributed by atoms with Gasteiger partial charge in [0.2, 0.25) is 0 Å². The zero-order chi connectivity index (χ0) is 25.0.